The van der Waals surface area contributed by atoms with Gasteiger partial charge in [0.2, 0.25) is 5.91 Å². The first kappa shape index (κ1) is 18.0. The molecule has 1 aromatic heterocycles. The summed E-state index contributed by atoms with van der Waals surface area (Å²) in [5, 5.41) is 9.59. The quantitative estimate of drug-likeness (QED) is 0.563. The molecule has 24 heavy (non-hydrogen) atoms. The molecule has 0 atom stereocenters. The van der Waals surface area contributed by atoms with E-state index in [1.165, 1.54) is 16.3 Å². The second-order valence-corrected chi connectivity index (χ2v) is 6.10. The van der Waals surface area contributed by atoms with Crippen molar-refractivity contribution in [3.8, 4) is 0 Å². The van der Waals surface area contributed by atoms with E-state index >= 15 is 0 Å². The number of anilines is 1. The summed E-state index contributed by atoms with van der Waals surface area (Å²) in [4.78, 5) is 35.2. The number of nitrogens with one attached hydrogen (secondary N) is 2. The summed E-state index contributed by atoms with van der Waals surface area (Å²) >= 11 is 1.23. The minimum absolute atomic E-state index is 0.0631. The highest BCUT2D eigenvalue weighted by molar-refractivity contribution is 7.99. The first-order valence-corrected chi connectivity index (χ1v) is 8.74. The van der Waals surface area contributed by atoms with Crippen molar-refractivity contribution in [1.82, 2.24) is 14.8 Å². The van der Waals surface area contributed by atoms with Gasteiger partial charge in [0.25, 0.3) is 0 Å². The van der Waals surface area contributed by atoms with Crippen LogP contribution in [-0.4, -0.2) is 32.2 Å². The largest absolute Gasteiger partial charge is 0.343 e. The molecule has 0 fully saturated rings. The van der Waals surface area contributed by atoms with E-state index in [-0.39, 0.29) is 23.1 Å². The van der Waals surface area contributed by atoms with E-state index in [0.29, 0.717) is 29.4 Å². The van der Waals surface area contributed by atoms with Crippen LogP contribution >= 0.6 is 11.8 Å². The van der Waals surface area contributed by atoms with E-state index < -0.39 is 0 Å². The van der Waals surface area contributed by atoms with E-state index in [0.717, 1.165) is 6.42 Å². The molecule has 0 unspecified atom stereocenters. The van der Waals surface area contributed by atoms with Gasteiger partial charge in [-0.15, -0.1) is 5.10 Å². The van der Waals surface area contributed by atoms with Crippen molar-refractivity contribution in [1.29, 1.82) is 0 Å². The molecule has 7 nitrogen and oxygen atoms in total. The van der Waals surface area contributed by atoms with Crippen molar-refractivity contribution in [2.24, 2.45) is 0 Å². The van der Waals surface area contributed by atoms with Gasteiger partial charge in [0.15, 0.2) is 10.9 Å². The number of aromatic nitrogens is 3. The molecule has 2 N–H and O–H groups in total. The first-order chi connectivity index (χ1) is 11.5. The molecule has 0 aliphatic heterocycles. The number of hydrogen-bond donors (Lipinski definition) is 2. The molecule has 0 aliphatic carbocycles. The molecule has 0 spiro atoms. The van der Waals surface area contributed by atoms with Crippen LogP contribution in [0.4, 0.5) is 5.69 Å². The molecule has 1 heterocycles. The molecule has 0 saturated heterocycles. The molecular weight excluding hydrogens is 328 g/mol. The summed E-state index contributed by atoms with van der Waals surface area (Å²) < 4.78 is 1.53. The van der Waals surface area contributed by atoms with Crippen LogP contribution in [0.3, 0.4) is 0 Å². The number of Topliss-reactive ketones (excluding diaryl/α,β-unsaturated/α-hetero) is 1. The summed E-state index contributed by atoms with van der Waals surface area (Å²) in [6.07, 6.45) is 1.21. The van der Waals surface area contributed by atoms with Gasteiger partial charge in [-0.25, -0.2) is 9.89 Å². The lowest BCUT2D eigenvalue weighted by Crippen LogP contribution is -2.17. The topological polar surface area (TPSA) is 96.8 Å². The fraction of sp³-hybridized carbons (Fsp3) is 0.375. The Morgan fingerprint density at radius 3 is 2.58 bits per heavy atom. The average molecular weight is 348 g/mol. The molecular formula is C16H20N4O3S. The van der Waals surface area contributed by atoms with Crippen molar-refractivity contribution >= 4 is 29.1 Å². The number of rotatable bonds is 8. The van der Waals surface area contributed by atoms with Gasteiger partial charge >= 0.3 is 5.69 Å². The Labute approximate surface area is 143 Å². The summed E-state index contributed by atoms with van der Waals surface area (Å²) in [5.74, 6) is 0.0539. The molecule has 0 radical (unpaired) electrons. The molecule has 1 aromatic carbocycles. The molecule has 8 heteroatoms. The Morgan fingerprint density at radius 2 is 1.96 bits per heavy atom. The van der Waals surface area contributed by atoms with Gasteiger partial charge in [0.05, 0.1) is 5.75 Å². The van der Waals surface area contributed by atoms with E-state index in [4.69, 9.17) is 0 Å². The molecule has 0 saturated carbocycles. The molecule has 0 aliphatic rings. The maximum Gasteiger partial charge on any atom is 0.343 e. The van der Waals surface area contributed by atoms with Crippen molar-refractivity contribution < 1.29 is 9.59 Å². The Hall–Kier alpha value is -2.35. The maximum absolute atomic E-state index is 12.3. The minimum Gasteiger partial charge on any atom is -0.326 e. The average Bonchev–Trinajstić information content (AvgIpc) is 2.94. The molecule has 128 valence electrons. The van der Waals surface area contributed by atoms with E-state index in [9.17, 15) is 14.4 Å². The van der Waals surface area contributed by atoms with Crippen molar-refractivity contribution in [3.63, 3.8) is 0 Å². The number of thioether (sulfide) groups is 1. The number of hydrogen-bond acceptors (Lipinski definition) is 5. The third-order valence-corrected chi connectivity index (χ3v) is 4.29. The van der Waals surface area contributed by atoms with E-state index in [1.54, 1.807) is 31.2 Å². The maximum atomic E-state index is 12.3. The number of aromatic amines is 1. The van der Waals surface area contributed by atoms with Gasteiger partial charge in [-0.3, -0.25) is 14.2 Å². The number of benzene rings is 1. The summed E-state index contributed by atoms with van der Waals surface area (Å²) in [5.41, 5.74) is 0.954. The molecule has 2 rings (SSSR count). The zero-order valence-corrected chi connectivity index (χ0v) is 14.5. The summed E-state index contributed by atoms with van der Waals surface area (Å²) in [6.45, 7) is 4.31. The predicted octanol–water partition coefficient (Wildman–Crippen LogP) is 2.30. The number of carbonyl (C=O) groups excluding carboxylic acids is 2. The van der Waals surface area contributed by atoms with Gasteiger partial charge in [0, 0.05) is 24.2 Å². The number of amides is 1. The smallest absolute Gasteiger partial charge is 0.326 e. The van der Waals surface area contributed by atoms with Crippen LogP contribution in [-0.2, 0) is 11.3 Å². The van der Waals surface area contributed by atoms with Crippen molar-refractivity contribution in [3.05, 3.63) is 40.3 Å². The third kappa shape index (κ3) is 4.58. The van der Waals surface area contributed by atoms with Crippen LogP contribution in [0.25, 0.3) is 0 Å². The summed E-state index contributed by atoms with van der Waals surface area (Å²) in [6, 6.07) is 6.76. The van der Waals surface area contributed by atoms with Crippen molar-refractivity contribution in [2.75, 3.05) is 11.1 Å². The lowest BCUT2D eigenvalue weighted by molar-refractivity contribution is -0.115. The van der Waals surface area contributed by atoms with Crippen molar-refractivity contribution in [2.45, 2.75) is 38.4 Å². The van der Waals surface area contributed by atoms with E-state index in [2.05, 4.69) is 15.5 Å². The Balaban J connectivity index is 1.98. The van der Waals surface area contributed by atoms with Crippen LogP contribution < -0.4 is 11.0 Å². The lowest BCUT2D eigenvalue weighted by atomic mass is 10.1. The van der Waals surface area contributed by atoms with Crippen LogP contribution in [0.15, 0.2) is 34.2 Å². The molecule has 2 aromatic rings. The second kappa shape index (κ2) is 8.49. The lowest BCUT2D eigenvalue weighted by Gasteiger charge is -2.06. The number of carbonyl (C=O) groups is 2. The van der Waals surface area contributed by atoms with Gasteiger partial charge in [0.1, 0.15) is 0 Å². The Morgan fingerprint density at radius 1 is 1.25 bits per heavy atom. The highest BCUT2D eigenvalue weighted by Crippen LogP contribution is 2.17. The fourth-order valence-corrected chi connectivity index (χ4v) is 2.90. The van der Waals surface area contributed by atoms with Gasteiger partial charge in [-0.05, 0) is 30.7 Å². The fourth-order valence-electron chi connectivity index (χ4n) is 2.04. The third-order valence-electron chi connectivity index (χ3n) is 3.31. The standard InChI is InChI=1S/C16H20N4O3S/c1-3-9-20-15(23)18-19-16(20)24-10-13(21)11-5-7-12(8-6-11)17-14(22)4-2/h5-8H,3-4,9-10H2,1-2H3,(H,17,22)(H,18,23). The van der Waals surface area contributed by atoms with Crippen LogP contribution in [0.2, 0.25) is 0 Å². The number of ketones is 1. The Bertz CT molecular complexity index is 764. The Kier molecular flexibility index (Phi) is 6.36. The molecule has 1 amide bonds. The van der Waals surface area contributed by atoms with Crippen LogP contribution in [0, 0.1) is 0 Å². The second-order valence-electron chi connectivity index (χ2n) is 5.15. The van der Waals surface area contributed by atoms with Gasteiger partial charge in [-0.1, -0.05) is 25.6 Å². The van der Waals surface area contributed by atoms with Gasteiger partial charge in [-0.2, -0.15) is 0 Å². The zero-order valence-electron chi connectivity index (χ0n) is 13.7. The van der Waals surface area contributed by atoms with E-state index in [1.807, 2.05) is 6.92 Å². The molecule has 0 bridgehead atoms. The monoisotopic (exact) mass is 348 g/mol. The number of nitrogens with zero attached hydrogens (tertiary/aromatic N) is 2. The van der Waals surface area contributed by atoms with Gasteiger partial charge < -0.3 is 5.32 Å². The highest BCUT2D eigenvalue weighted by atomic mass is 32.2. The first-order valence-electron chi connectivity index (χ1n) is 7.76. The number of H-pyrrole nitrogens is 1. The minimum atomic E-state index is -0.261. The van der Waals surface area contributed by atoms with Crippen LogP contribution in [0.5, 0.6) is 0 Å². The highest BCUT2D eigenvalue weighted by Gasteiger charge is 2.12. The normalized spacial score (nSPS) is 10.6. The SMILES string of the molecule is CCCn1c(SCC(=O)c2ccc(NC(=O)CC)cc2)n[nH]c1=O. The predicted molar refractivity (Wildman–Crippen MR) is 93.6 cm³/mol. The summed E-state index contributed by atoms with van der Waals surface area (Å²) in [7, 11) is 0. The zero-order chi connectivity index (χ0) is 17.5. The van der Waals surface area contributed by atoms with Crippen LogP contribution in [0.1, 0.15) is 37.0 Å².